The van der Waals surface area contributed by atoms with Crippen molar-refractivity contribution in [2.24, 2.45) is 11.8 Å². The lowest BCUT2D eigenvalue weighted by atomic mass is 9.71. The number of aromatic nitrogens is 1. The molecule has 0 atom stereocenters. The second kappa shape index (κ2) is 7.08. The Labute approximate surface area is 162 Å². The van der Waals surface area contributed by atoms with E-state index in [1.54, 1.807) is 0 Å². The molecule has 0 bridgehead atoms. The molecule has 1 saturated heterocycles. The Morgan fingerprint density at radius 2 is 1.96 bits per heavy atom. The second-order valence-electron chi connectivity index (χ2n) is 9.40. The molecule has 3 aliphatic rings. The molecule has 0 aromatic carbocycles. The van der Waals surface area contributed by atoms with Crippen LogP contribution in [0.3, 0.4) is 0 Å². The maximum atomic E-state index is 12.6. The number of rotatable bonds is 4. The molecule has 0 spiro atoms. The fourth-order valence-corrected chi connectivity index (χ4v) is 5.01. The van der Waals surface area contributed by atoms with Crippen molar-refractivity contribution in [1.29, 1.82) is 0 Å². The monoisotopic (exact) mass is 371 g/mol. The quantitative estimate of drug-likeness (QED) is 0.884. The highest BCUT2D eigenvalue weighted by atomic mass is 16.3. The van der Waals surface area contributed by atoms with E-state index >= 15 is 0 Å². The SMILES string of the molecule is CC(C)N1CCc2ccc(CC3CCN(C(=O)[C@H]4C[C@@](C)(O)C4)CC3)nc21. The van der Waals surface area contributed by atoms with Gasteiger partial charge in [-0.25, -0.2) is 4.98 Å². The van der Waals surface area contributed by atoms with Gasteiger partial charge in [0.2, 0.25) is 5.91 Å². The van der Waals surface area contributed by atoms with E-state index in [-0.39, 0.29) is 11.8 Å². The van der Waals surface area contributed by atoms with Crippen LogP contribution in [0.1, 0.15) is 57.7 Å². The number of likely N-dealkylation sites (tertiary alicyclic amines) is 1. The highest BCUT2D eigenvalue weighted by Gasteiger charge is 2.44. The first-order valence-corrected chi connectivity index (χ1v) is 10.6. The molecular weight excluding hydrogens is 338 g/mol. The van der Waals surface area contributed by atoms with Crippen molar-refractivity contribution >= 4 is 11.7 Å². The second-order valence-corrected chi connectivity index (χ2v) is 9.40. The van der Waals surface area contributed by atoms with Crippen LogP contribution in [0, 0.1) is 11.8 Å². The number of carbonyl (C=O) groups excluding carboxylic acids is 1. The molecular formula is C22H33N3O2. The van der Waals surface area contributed by atoms with E-state index < -0.39 is 5.60 Å². The number of nitrogens with zero attached hydrogens (tertiary/aromatic N) is 3. The summed E-state index contributed by atoms with van der Waals surface area (Å²) in [6, 6.07) is 4.97. The first-order chi connectivity index (χ1) is 12.8. The normalized spacial score (nSPS) is 28.4. The third-order valence-corrected chi connectivity index (χ3v) is 6.68. The molecule has 1 aromatic heterocycles. The zero-order chi connectivity index (χ0) is 19.2. The molecule has 1 aliphatic carbocycles. The summed E-state index contributed by atoms with van der Waals surface area (Å²) in [5.41, 5.74) is 1.95. The van der Waals surface area contributed by atoms with E-state index in [2.05, 4.69) is 30.9 Å². The van der Waals surface area contributed by atoms with Crippen molar-refractivity contribution in [3.63, 3.8) is 0 Å². The molecule has 27 heavy (non-hydrogen) atoms. The van der Waals surface area contributed by atoms with Gasteiger partial charge >= 0.3 is 0 Å². The molecule has 4 rings (SSSR count). The van der Waals surface area contributed by atoms with Gasteiger partial charge in [-0.2, -0.15) is 0 Å². The van der Waals surface area contributed by atoms with Crippen molar-refractivity contribution in [3.05, 3.63) is 23.4 Å². The summed E-state index contributed by atoms with van der Waals surface area (Å²) in [6.07, 6.45) is 5.48. The van der Waals surface area contributed by atoms with Crippen LogP contribution in [0.15, 0.2) is 12.1 Å². The predicted molar refractivity (Wildman–Crippen MR) is 107 cm³/mol. The van der Waals surface area contributed by atoms with Crippen LogP contribution in [0.4, 0.5) is 5.82 Å². The topological polar surface area (TPSA) is 56.7 Å². The van der Waals surface area contributed by atoms with Gasteiger partial charge < -0.3 is 14.9 Å². The summed E-state index contributed by atoms with van der Waals surface area (Å²) in [4.78, 5) is 22.0. The van der Waals surface area contributed by atoms with E-state index in [0.717, 1.165) is 45.3 Å². The Hall–Kier alpha value is -1.62. The minimum absolute atomic E-state index is 0.0388. The fraction of sp³-hybridized carbons (Fsp3) is 0.727. The molecule has 3 heterocycles. The highest BCUT2D eigenvalue weighted by Crippen LogP contribution is 2.39. The maximum Gasteiger partial charge on any atom is 0.225 e. The van der Waals surface area contributed by atoms with Gasteiger partial charge in [-0.05, 0) is 76.8 Å². The molecule has 5 heteroatoms. The number of anilines is 1. The smallest absolute Gasteiger partial charge is 0.225 e. The highest BCUT2D eigenvalue weighted by molar-refractivity contribution is 5.80. The molecule has 0 unspecified atom stereocenters. The molecule has 1 N–H and O–H groups in total. The molecule has 148 valence electrons. The Bertz CT molecular complexity index is 700. The minimum atomic E-state index is -0.623. The van der Waals surface area contributed by atoms with E-state index in [9.17, 15) is 9.90 Å². The molecule has 1 aromatic rings. The molecule has 2 fully saturated rings. The van der Waals surface area contributed by atoms with Crippen molar-refractivity contribution in [2.45, 2.75) is 70.9 Å². The molecule has 1 amide bonds. The standard InChI is InChI=1S/C22H33N3O2/c1-15(2)25-11-8-17-4-5-19(23-20(17)25)12-16-6-9-24(10-7-16)21(26)18-13-22(3,27)14-18/h4-5,15-16,18,27H,6-14H2,1-3H3/t18-,22+. The van der Waals surface area contributed by atoms with Crippen LogP contribution in [0.25, 0.3) is 0 Å². The van der Waals surface area contributed by atoms with Gasteiger partial charge in [0, 0.05) is 37.3 Å². The largest absolute Gasteiger partial charge is 0.390 e. The summed E-state index contributed by atoms with van der Waals surface area (Å²) in [5, 5.41) is 9.88. The number of carbonyl (C=O) groups is 1. The van der Waals surface area contributed by atoms with Crippen LogP contribution in [-0.2, 0) is 17.6 Å². The Morgan fingerprint density at radius 1 is 1.26 bits per heavy atom. The van der Waals surface area contributed by atoms with Crippen LogP contribution >= 0.6 is 0 Å². The Morgan fingerprint density at radius 3 is 2.59 bits per heavy atom. The predicted octanol–water partition coefficient (Wildman–Crippen LogP) is 2.79. The van der Waals surface area contributed by atoms with E-state index in [1.165, 1.54) is 17.1 Å². The molecule has 2 aliphatic heterocycles. The summed E-state index contributed by atoms with van der Waals surface area (Å²) in [5.74, 6) is 2.09. The maximum absolute atomic E-state index is 12.6. The van der Waals surface area contributed by atoms with Gasteiger partial charge in [0.15, 0.2) is 0 Å². The van der Waals surface area contributed by atoms with Gasteiger partial charge in [-0.1, -0.05) is 6.07 Å². The first-order valence-electron chi connectivity index (χ1n) is 10.6. The lowest BCUT2D eigenvalue weighted by molar-refractivity contribution is -0.151. The zero-order valence-corrected chi connectivity index (χ0v) is 16.9. The number of pyridine rings is 1. The van der Waals surface area contributed by atoms with Gasteiger partial charge in [0.25, 0.3) is 0 Å². The van der Waals surface area contributed by atoms with Gasteiger partial charge in [-0.3, -0.25) is 4.79 Å². The van der Waals surface area contributed by atoms with Crippen LogP contribution < -0.4 is 4.90 Å². The summed E-state index contributed by atoms with van der Waals surface area (Å²) >= 11 is 0. The molecule has 0 radical (unpaired) electrons. The van der Waals surface area contributed by atoms with Crippen molar-refractivity contribution < 1.29 is 9.90 Å². The average molecular weight is 372 g/mol. The van der Waals surface area contributed by atoms with E-state index in [1.807, 2.05) is 11.8 Å². The van der Waals surface area contributed by atoms with Crippen LogP contribution in [0.2, 0.25) is 0 Å². The third kappa shape index (κ3) is 3.84. The Kier molecular flexibility index (Phi) is 4.91. The van der Waals surface area contributed by atoms with E-state index in [0.29, 0.717) is 24.8 Å². The number of amides is 1. The van der Waals surface area contributed by atoms with Crippen LogP contribution in [-0.4, -0.2) is 52.2 Å². The first kappa shape index (κ1) is 18.7. The summed E-state index contributed by atoms with van der Waals surface area (Å²) < 4.78 is 0. The number of hydrogen-bond donors (Lipinski definition) is 1. The summed E-state index contributed by atoms with van der Waals surface area (Å²) in [6.45, 7) is 9.08. The van der Waals surface area contributed by atoms with Crippen LogP contribution in [0.5, 0.6) is 0 Å². The fourth-order valence-electron chi connectivity index (χ4n) is 5.01. The van der Waals surface area contributed by atoms with E-state index in [4.69, 9.17) is 4.98 Å². The summed E-state index contributed by atoms with van der Waals surface area (Å²) in [7, 11) is 0. The minimum Gasteiger partial charge on any atom is -0.390 e. The number of aliphatic hydroxyl groups is 1. The van der Waals surface area contributed by atoms with Crippen molar-refractivity contribution in [3.8, 4) is 0 Å². The van der Waals surface area contributed by atoms with Gasteiger partial charge in [-0.15, -0.1) is 0 Å². The molecule has 5 nitrogen and oxygen atoms in total. The van der Waals surface area contributed by atoms with Gasteiger partial charge in [0.1, 0.15) is 5.82 Å². The van der Waals surface area contributed by atoms with Crippen molar-refractivity contribution in [2.75, 3.05) is 24.5 Å². The number of piperidine rings is 1. The lowest BCUT2D eigenvalue weighted by Gasteiger charge is -2.43. The van der Waals surface area contributed by atoms with Crippen molar-refractivity contribution in [1.82, 2.24) is 9.88 Å². The number of hydrogen-bond acceptors (Lipinski definition) is 4. The third-order valence-electron chi connectivity index (χ3n) is 6.68. The lowest BCUT2D eigenvalue weighted by Crippen LogP contribution is -2.51. The number of fused-ring (bicyclic) bond motifs is 1. The van der Waals surface area contributed by atoms with Gasteiger partial charge in [0.05, 0.1) is 5.60 Å². The Balaban J connectivity index is 1.31. The molecule has 1 saturated carbocycles. The zero-order valence-electron chi connectivity index (χ0n) is 16.9. The average Bonchev–Trinajstić information content (AvgIpc) is 3.03.